The second-order valence-electron chi connectivity index (χ2n) is 10.3. The number of aryl methyl sites for hydroxylation is 1. The number of sulfonamides is 1. The summed E-state index contributed by atoms with van der Waals surface area (Å²) >= 11 is 12.8. The summed E-state index contributed by atoms with van der Waals surface area (Å²) in [7, 11) is -4.13. The fourth-order valence-electron chi connectivity index (χ4n) is 3.87. The van der Waals surface area contributed by atoms with Gasteiger partial charge in [0.1, 0.15) is 12.6 Å². The van der Waals surface area contributed by atoms with Crippen molar-refractivity contribution in [2.24, 2.45) is 0 Å². The largest absolute Gasteiger partial charge is 0.350 e. The van der Waals surface area contributed by atoms with Gasteiger partial charge in [-0.3, -0.25) is 13.9 Å². The van der Waals surface area contributed by atoms with Crippen molar-refractivity contribution in [1.82, 2.24) is 10.2 Å². The molecule has 0 heterocycles. The van der Waals surface area contributed by atoms with Gasteiger partial charge in [-0.2, -0.15) is 0 Å². The van der Waals surface area contributed by atoms with Gasteiger partial charge in [0.25, 0.3) is 10.0 Å². The van der Waals surface area contributed by atoms with E-state index >= 15 is 0 Å². The van der Waals surface area contributed by atoms with Crippen LogP contribution in [0.4, 0.5) is 5.69 Å². The van der Waals surface area contributed by atoms with Crippen LogP contribution in [0.5, 0.6) is 0 Å². The Morgan fingerprint density at radius 1 is 0.897 bits per heavy atom. The quantitative estimate of drug-likeness (QED) is 0.340. The Balaban J connectivity index is 2.05. The molecule has 39 heavy (non-hydrogen) atoms. The molecule has 0 aliphatic heterocycles. The number of anilines is 1. The lowest BCUT2D eigenvalue weighted by atomic mass is 10.1. The Morgan fingerprint density at radius 3 is 2.00 bits per heavy atom. The highest BCUT2D eigenvalue weighted by Crippen LogP contribution is 2.28. The molecule has 0 aliphatic rings. The monoisotopic (exact) mass is 589 g/mol. The number of carbonyl (C=O) groups is 2. The lowest BCUT2D eigenvalue weighted by Gasteiger charge is -2.33. The Morgan fingerprint density at radius 2 is 1.46 bits per heavy atom. The second-order valence-corrected chi connectivity index (χ2v) is 13.0. The molecule has 1 atom stereocenters. The number of para-hydroxylation sites is 1. The molecule has 208 valence electrons. The number of amides is 2. The van der Waals surface area contributed by atoms with Crippen molar-refractivity contribution in [2.45, 2.75) is 57.6 Å². The van der Waals surface area contributed by atoms with E-state index in [4.69, 9.17) is 23.2 Å². The number of nitrogens with zero attached hydrogens (tertiary/aromatic N) is 2. The van der Waals surface area contributed by atoms with Gasteiger partial charge < -0.3 is 10.2 Å². The van der Waals surface area contributed by atoms with E-state index in [-0.39, 0.29) is 11.4 Å². The van der Waals surface area contributed by atoms with Gasteiger partial charge in [0.15, 0.2) is 0 Å². The average molecular weight is 591 g/mol. The summed E-state index contributed by atoms with van der Waals surface area (Å²) in [4.78, 5) is 28.5. The molecule has 7 nitrogen and oxygen atoms in total. The highest BCUT2D eigenvalue weighted by molar-refractivity contribution is 7.92. The molecule has 0 bridgehead atoms. The minimum absolute atomic E-state index is 0.0453. The standard InChI is InChI=1S/C29H33Cl2N3O4S/c1-20-14-16-23(17-15-20)39(37,38)34(22-10-7-6-8-11-22)19-27(35)33(21(2)28(36)32-29(3,4)5)18-24-25(30)12-9-13-26(24)31/h6-17,21H,18-19H2,1-5H3,(H,32,36). The van der Waals surface area contributed by atoms with Gasteiger partial charge in [-0.25, -0.2) is 8.42 Å². The zero-order valence-corrected chi connectivity index (χ0v) is 24.9. The van der Waals surface area contributed by atoms with Crippen molar-refractivity contribution in [2.75, 3.05) is 10.8 Å². The second kappa shape index (κ2) is 12.4. The molecule has 0 saturated heterocycles. The molecule has 0 saturated carbocycles. The number of nitrogens with one attached hydrogen (secondary N) is 1. The summed E-state index contributed by atoms with van der Waals surface area (Å²) < 4.78 is 28.6. The maximum absolute atomic E-state index is 14.0. The summed E-state index contributed by atoms with van der Waals surface area (Å²) in [5, 5.41) is 3.54. The van der Waals surface area contributed by atoms with Crippen LogP contribution in [0, 0.1) is 6.92 Å². The van der Waals surface area contributed by atoms with Crippen LogP contribution >= 0.6 is 23.2 Å². The van der Waals surface area contributed by atoms with E-state index in [1.807, 2.05) is 27.7 Å². The summed E-state index contributed by atoms with van der Waals surface area (Å²) in [6.07, 6.45) is 0. The molecule has 3 rings (SSSR count). The molecule has 3 aromatic carbocycles. The van der Waals surface area contributed by atoms with Crippen LogP contribution in [0.2, 0.25) is 10.0 Å². The number of carbonyl (C=O) groups excluding carboxylic acids is 2. The van der Waals surface area contributed by atoms with Gasteiger partial charge in [-0.05, 0) is 71.0 Å². The maximum atomic E-state index is 14.0. The van der Waals surface area contributed by atoms with Crippen LogP contribution in [-0.2, 0) is 26.2 Å². The molecule has 1 unspecified atom stereocenters. The fourth-order valence-corrected chi connectivity index (χ4v) is 5.80. The Bertz CT molecular complexity index is 1400. The predicted octanol–water partition coefficient (Wildman–Crippen LogP) is 5.83. The third-order valence-electron chi connectivity index (χ3n) is 5.99. The SMILES string of the molecule is Cc1ccc(S(=O)(=O)N(CC(=O)N(Cc2c(Cl)cccc2Cl)C(C)C(=O)NC(C)(C)C)c2ccccc2)cc1. The first kappa shape index (κ1) is 30.5. The predicted molar refractivity (Wildman–Crippen MR) is 157 cm³/mol. The number of halogens is 2. The van der Waals surface area contributed by atoms with Crippen LogP contribution in [0.3, 0.4) is 0 Å². The first-order valence-corrected chi connectivity index (χ1v) is 14.6. The Labute approximate surface area is 240 Å². The summed E-state index contributed by atoms with van der Waals surface area (Å²) in [5.74, 6) is -0.992. The van der Waals surface area contributed by atoms with Gasteiger partial charge in [0, 0.05) is 27.7 Å². The van der Waals surface area contributed by atoms with Crippen molar-refractivity contribution in [3.63, 3.8) is 0 Å². The van der Waals surface area contributed by atoms with Gasteiger partial charge in [-0.1, -0.05) is 65.2 Å². The van der Waals surface area contributed by atoms with Gasteiger partial charge in [0.2, 0.25) is 11.8 Å². The lowest BCUT2D eigenvalue weighted by Crippen LogP contribution is -2.54. The normalized spacial score (nSPS) is 12.5. The summed E-state index contributed by atoms with van der Waals surface area (Å²) in [6.45, 7) is 8.31. The Hall–Kier alpha value is -3.07. The van der Waals surface area contributed by atoms with Crippen LogP contribution in [-0.4, -0.2) is 43.3 Å². The number of hydrogen-bond donors (Lipinski definition) is 1. The van der Waals surface area contributed by atoms with Gasteiger partial charge in [-0.15, -0.1) is 0 Å². The third kappa shape index (κ3) is 7.75. The molecular weight excluding hydrogens is 557 g/mol. The van der Waals surface area contributed by atoms with Crippen molar-refractivity contribution in [3.8, 4) is 0 Å². The van der Waals surface area contributed by atoms with Crippen LogP contribution < -0.4 is 9.62 Å². The van der Waals surface area contributed by atoms with Crippen molar-refractivity contribution < 1.29 is 18.0 Å². The van der Waals surface area contributed by atoms with E-state index in [2.05, 4.69) is 5.32 Å². The van der Waals surface area contributed by atoms with E-state index in [1.54, 1.807) is 67.6 Å². The highest BCUT2D eigenvalue weighted by atomic mass is 35.5. The average Bonchev–Trinajstić information content (AvgIpc) is 2.86. The molecule has 0 fully saturated rings. The van der Waals surface area contributed by atoms with Gasteiger partial charge in [0.05, 0.1) is 10.6 Å². The highest BCUT2D eigenvalue weighted by Gasteiger charge is 2.33. The van der Waals surface area contributed by atoms with Crippen LogP contribution in [0.1, 0.15) is 38.8 Å². The molecule has 0 aromatic heterocycles. The Kier molecular flexibility index (Phi) is 9.69. The van der Waals surface area contributed by atoms with Crippen molar-refractivity contribution in [1.29, 1.82) is 0 Å². The molecule has 0 aliphatic carbocycles. The molecule has 1 N–H and O–H groups in total. The summed E-state index contributed by atoms with van der Waals surface area (Å²) in [6, 6.07) is 18.8. The van der Waals surface area contributed by atoms with Crippen LogP contribution in [0.15, 0.2) is 77.7 Å². The van der Waals surface area contributed by atoms with Crippen molar-refractivity contribution in [3.05, 3.63) is 94.0 Å². The molecule has 0 radical (unpaired) electrons. The van der Waals surface area contributed by atoms with E-state index in [9.17, 15) is 18.0 Å². The van der Waals surface area contributed by atoms with Crippen molar-refractivity contribution >= 4 is 50.7 Å². The molecule has 0 spiro atoms. The zero-order chi connectivity index (χ0) is 29.0. The topological polar surface area (TPSA) is 86.8 Å². The number of benzene rings is 3. The summed E-state index contributed by atoms with van der Waals surface area (Å²) in [5.41, 5.74) is 1.12. The first-order valence-electron chi connectivity index (χ1n) is 12.4. The third-order valence-corrected chi connectivity index (χ3v) is 8.48. The zero-order valence-electron chi connectivity index (χ0n) is 22.6. The fraction of sp³-hybridized carbons (Fsp3) is 0.310. The molecule has 10 heteroatoms. The van der Waals surface area contributed by atoms with E-state index in [0.29, 0.717) is 21.3 Å². The molecular formula is C29H33Cl2N3O4S. The van der Waals surface area contributed by atoms with Crippen LogP contribution in [0.25, 0.3) is 0 Å². The number of rotatable bonds is 9. The lowest BCUT2D eigenvalue weighted by molar-refractivity contribution is -0.140. The molecule has 3 aromatic rings. The van der Waals surface area contributed by atoms with Gasteiger partial charge >= 0.3 is 0 Å². The van der Waals surface area contributed by atoms with E-state index in [1.165, 1.54) is 17.0 Å². The first-order chi connectivity index (χ1) is 18.2. The maximum Gasteiger partial charge on any atom is 0.264 e. The smallest absolute Gasteiger partial charge is 0.264 e. The minimum Gasteiger partial charge on any atom is -0.350 e. The van der Waals surface area contributed by atoms with E-state index in [0.717, 1.165) is 9.87 Å². The number of hydrogen-bond acceptors (Lipinski definition) is 4. The minimum atomic E-state index is -4.13. The molecule has 2 amide bonds. The van der Waals surface area contributed by atoms with E-state index < -0.39 is 40.0 Å².